The van der Waals surface area contributed by atoms with Crippen molar-refractivity contribution in [2.45, 2.75) is 76.4 Å². The molecule has 196 valence electrons. The third-order valence-electron chi connectivity index (χ3n) is 8.69. The number of aryl methyl sites for hydroxylation is 1. The Bertz CT molecular complexity index is 1240. The van der Waals surface area contributed by atoms with Crippen LogP contribution in [0.2, 0.25) is 0 Å². The second kappa shape index (κ2) is 10.8. The topological polar surface area (TPSA) is 72.3 Å². The molecule has 1 amide bonds. The van der Waals surface area contributed by atoms with Crippen molar-refractivity contribution < 1.29 is 9.53 Å². The highest BCUT2D eigenvalue weighted by molar-refractivity contribution is 6.06. The first-order valence-corrected chi connectivity index (χ1v) is 14.2. The molecule has 7 nitrogen and oxygen atoms in total. The lowest BCUT2D eigenvalue weighted by atomic mass is 9.84. The van der Waals surface area contributed by atoms with Crippen LogP contribution in [0.1, 0.15) is 73.0 Å². The Balaban J connectivity index is 0.948. The third kappa shape index (κ3) is 5.66. The summed E-state index contributed by atoms with van der Waals surface area (Å²) in [5.74, 6) is 1.60. The number of benzene rings is 1. The van der Waals surface area contributed by atoms with E-state index >= 15 is 0 Å². The summed E-state index contributed by atoms with van der Waals surface area (Å²) in [5.41, 5.74) is 4.22. The van der Waals surface area contributed by atoms with Crippen molar-refractivity contribution >= 4 is 16.8 Å². The fourth-order valence-electron chi connectivity index (χ4n) is 6.14. The molecule has 1 N–H and O–H groups in total. The van der Waals surface area contributed by atoms with E-state index in [-0.39, 0.29) is 11.9 Å². The molecule has 1 aliphatic heterocycles. The van der Waals surface area contributed by atoms with Crippen molar-refractivity contribution in [3.63, 3.8) is 0 Å². The van der Waals surface area contributed by atoms with Gasteiger partial charge in [0.15, 0.2) is 0 Å². The van der Waals surface area contributed by atoms with E-state index < -0.39 is 0 Å². The van der Waals surface area contributed by atoms with E-state index in [9.17, 15) is 4.79 Å². The summed E-state index contributed by atoms with van der Waals surface area (Å²) >= 11 is 0. The summed E-state index contributed by atoms with van der Waals surface area (Å²) in [5, 5.41) is 8.66. The Morgan fingerprint density at radius 2 is 1.89 bits per heavy atom. The van der Waals surface area contributed by atoms with Crippen LogP contribution in [0.25, 0.3) is 10.9 Å². The second-order valence-electron chi connectivity index (χ2n) is 11.3. The molecule has 2 fully saturated rings. The molecular weight excluding hydrogens is 462 g/mol. The predicted octanol–water partition coefficient (Wildman–Crippen LogP) is 4.68. The zero-order valence-electron chi connectivity index (χ0n) is 22.0. The molecule has 6 rings (SSSR count). The fraction of sp³-hybridized carbons (Fsp3) is 0.567. The molecule has 3 aliphatic rings. The molecule has 0 radical (unpaired) electrons. The lowest BCUT2D eigenvalue weighted by molar-refractivity contribution is 0.0921. The zero-order valence-corrected chi connectivity index (χ0v) is 22.0. The van der Waals surface area contributed by atoms with Gasteiger partial charge in [0.05, 0.1) is 11.1 Å². The van der Waals surface area contributed by atoms with Crippen LogP contribution >= 0.6 is 0 Å². The third-order valence-corrected chi connectivity index (χ3v) is 8.69. The lowest BCUT2D eigenvalue weighted by Crippen LogP contribution is -2.38. The quantitative estimate of drug-likeness (QED) is 0.509. The van der Waals surface area contributed by atoms with Crippen molar-refractivity contribution in [2.24, 2.45) is 13.0 Å². The van der Waals surface area contributed by atoms with Crippen LogP contribution in [0, 0.1) is 5.92 Å². The minimum absolute atomic E-state index is 0.0287. The van der Waals surface area contributed by atoms with Crippen molar-refractivity contribution in [2.75, 3.05) is 19.6 Å². The summed E-state index contributed by atoms with van der Waals surface area (Å²) in [6.45, 7) is 3.35. The van der Waals surface area contributed by atoms with Gasteiger partial charge in [0, 0.05) is 55.9 Å². The maximum Gasteiger partial charge on any atom is 0.252 e. The molecule has 0 spiro atoms. The number of carbonyl (C=O) groups is 1. The number of rotatable bonds is 7. The molecular formula is C30H39N5O2. The molecule has 2 aromatic heterocycles. The van der Waals surface area contributed by atoms with Crippen LogP contribution in [0.5, 0.6) is 5.88 Å². The van der Waals surface area contributed by atoms with Crippen LogP contribution in [0.15, 0.2) is 36.5 Å². The number of ether oxygens (including phenoxy) is 1. The van der Waals surface area contributed by atoms with Gasteiger partial charge >= 0.3 is 0 Å². The van der Waals surface area contributed by atoms with Gasteiger partial charge in [0.1, 0.15) is 6.10 Å². The molecule has 0 saturated heterocycles. The number of amides is 1. The van der Waals surface area contributed by atoms with Crippen LogP contribution in [-0.2, 0) is 19.9 Å². The van der Waals surface area contributed by atoms with Gasteiger partial charge in [0.2, 0.25) is 5.88 Å². The Morgan fingerprint density at radius 3 is 2.70 bits per heavy atom. The molecule has 0 unspecified atom stereocenters. The van der Waals surface area contributed by atoms with Gasteiger partial charge in [-0.2, -0.15) is 5.10 Å². The zero-order chi connectivity index (χ0) is 25.2. The van der Waals surface area contributed by atoms with E-state index in [0.29, 0.717) is 6.10 Å². The Kier molecular flexibility index (Phi) is 7.14. The highest BCUT2D eigenvalue weighted by Crippen LogP contribution is 2.29. The molecule has 1 aromatic carbocycles. The minimum Gasteiger partial charge on any atom is -0.474 e. The highest BCUT2D eigenvalue weighted by atomic mass is 16.5. The molecule has 7 heteroatoms. The summed E-state index contributed by atoms with van der Waals surface area (Å²) in [6.07, 6.45) is 13.8. The summed E-state index contributed by atoms with van der Waals surface area (Å²) < 4.78 is 7.81. The average Bonchev–Trinajstić information content (AvgIpc) is 3.15. The first-order valence-electron chi connectivity index (χ1n) is 14.2. The SMILES string of the molecule is Cn1cc2c(C(=O)N[C@H]3CC[C@H](CCN4CCc5ccc(OC6CCC6)nc5CC4)CC3)cccc2n1. The molecule has 2 saturated carbocycles. The second-order valence-corrected chi connectivity index (χ2v) is 11.3. The van der Waals surface area contributed by atoms with E-state index in [1.165, 1.54) is 49.8 Å². The van der Waals surface area contributed by atoms with E-state index in [1.54, 1.807) is 4.68 Å². The van der Waals surface area contributed by atoms with E-state index in [1.807, 2.05) is 31.4 Å². The molecule has 37 heavy (non-hydrogen) atoms. The van der Waals surface area contributed by atoms with Crippen LogP contribution in [0.3, 0.4) is 0 Å². The average molecular weight is 502 g/mol. The summed E-state index contributed by atoms with van der Waals surface area (Å²) in [4.78, 5) is 20.5. The maximum atomic E-state index is 13.0. The van der Waals surface area contributed by atoms with Gasteiger partial charge in [-0.25, -0.2) is 4.98 Å². The van der Waals surface area contributed by atoms with Gasteiger partial charge in [0.25, 0.3) is 5.91 Å². The number of fused-ring (bicyclic) bond motifs is 2. The number of hydrogen-bond donors (Lipinski definition) is 1. The monoisotopic (exact) mass is 501 g/mol. The number of aromatic nitrogens is 3. The smallest absolute Gasteiger partial charge is 0.252 e. The minimum atomic E-state index is 0.0287. The normalized spacial score (nSPS) is 22.7. The Hall–Kier alpha value is -2.93. The Labute approximate surface area is 219 Å². The van der Waals surface area contributed by atoms with E-state index in [2.05, 4.69) is 27.4 Å². The van der Waals surface area contributed by atoms with Crippen LogP contribution in [0.4, 0.5) is 0 Å². The lowest BCUT2D eigenvalue weighted by Gasteiger charge is -2.30. The van der Waals surface area contributed by atoms with Gasteiger partial charge in [-0.05, 0) is 87.9 Å². The summed E-state index contributed by atoms with van der Waals surface area (Å²) in [6, 6.07) is 10.4. The molecule has 3 aromatic rings. The molecule has 0 bridgehead atoms. The summed E-state index contributed by atoms with van der Waals surface area (Å²) in [7, 11) is 1.89. The highest BCUT2D eigenvalue weighted by Gasteiger charge is 2.25. The maximum absolute atomic E-state index is 13.0. The first kappa shape index (κ1) is 24.4. The Morgan fingerprint density at radius 1 is 1.05 bits per heavy atom. The van der Waals surface area contributed by atoms with Crippen molar-refractivity contribution in [3.8, 4) is 5.88 Å². The van der Waals surface area contributed by atoms with E-state index in [0.717, 1.165) is 73.6 Å². The number of pyridine rings is 1. The number of hydrogen-bond acceptors (Lipinski definition) is 5. The fourth-order valence-corrected chi connectivity index (χ4v) is 6.14. The van der Waals surface area contributed by atoms with Gasteiger partial charge in [-0.3, -0.25) is 9.48 Å². The molecule has 2 aliphatic carbocycles. The van der Waals surface area contributed by atoms with Crippen LogP contribution < -0.4 is 10.1 Å². The largest absolute Gasteiger partial charge is 0.474 e. The molecule has 3 heterocycles. The van der Waals surface area contributed by atoms with Crippen LogP contribution in [-0.4, -0.2) is 57.4 Å². The van der Waals surface area contributed by atoms with Gasteiger partial charge < -0.3 is 15.0 Å². The van der Waals surface area contributed by atoms with Crippen molar-refractivity contribution in [3.05, 3.63) is 53.3 Å². The standard InChI is InChI=1S/C30H39N5O2/c1-34-20-26-25(6-3-7-28(26)33-34)30(36)31-23-11-8-21(9-12-23)14-17-35-18-15-22-10-13-29(32-27(22)16-19-35)37-24-4-2-5-24/h3,6-7,10,13,20-21,23-24H,2,4-5,8-9,11-12,14-19H2,1H3,(H,31,36)/t21-,23-. The number of carbonyl (C=O) groups excluding carboxylic acids is 1. The van der Waals surface area contributed by atoms with Gasteiger partial charge in [-0.1, -0.05) is 12.1 Å². The van der Waals surface area contributed by atoms with Crippen molar-refractivity contribution in [1.82, 2.24) is 25.0 Å². The predicted molar refractivity (Wildman–Crippen MR) is 145 cm³/mol. The first-order chi connectivity index (χ1) is 18.1. The van der Waals surface area contributed by atoms with E-state index in [4.69, 9.17) is 9.72 Å². The number of nitrogens with one attached hydrogen (secondary N) is 1. The van der Waals surface area contributed by atoms with Crippen molar-refractivity contribution in [1.29, 1.82) is 0 Å². The number of nitrogens with zero attached hydrogens (tertiary/aromatic N) is 4. The molecule has 0 atom stereocenters. The van der Waals surface area contributed by atoms with Gasteiger partial charge in [-0.15, -0.1) is 0 Å².